The number of fused-ring (bicyclic) bond motifs is 3. The van der Waals surface area contributed by atoms with Crippen LogP contribution in [0, 0.1) is 18.3 Å². The van der Waals surface area contributed by atoms with Crippen LogP contribution in [0.4, 0.5) is 4.39 Å². The number of ketones is 1. The second-order valence-corrected chi connectivity index (χ2v) is 6.58. The van der Waals surface area contributed by atoms with E-state index in [4.69, 9.17) is 5.26 Å². The van der Waals surface area contributed by atoms with E-state index in [1.165, 1.54) is 17.4 Å². The third kappa shape index (κ3) is 1.90. The van der Waals surface area contributed by atoms with Gasteiger partial charge < -0.3 is 9.88 Å². The van der Waals surface area contributed by atoms with Crippen LogP contribution in [0.5, 0.6) is 0 Å². The molecule has 3 heterocycles. The fourth-order valence-corrected chi connectivity index (χ4v) is 4.02. The Hall–Kier alpha value is -2.65. The smallest absolute Gasteiger partial charge is 0.223 e. The van der Waals surface area contributed by atoms with Crippen LogP contribution in [0.15, 0.2) is 24.0 Å². The van der Waals surface area contributed by atoms with Gasteiger partial charge in [0, 0.05) is 29.7 Å². The molecule has 2 aromatic heterocycles. The number of Topliss-reactive ketones (excluding diaryl/α,β-unsaturated/α-hetero) is 1. The van der Waals surface area contributed by atoms with Gasteiger partial charge in [-0.1, -0.05) is 0 Å². The number of allylic oxidation sites excluding steroid dienone is 2. The van der Waals surface area contributed by atoms with Crippen molar-refractivity contribution in [1.82, 2.24) is 9.88 Å². The number of rotatable bonds is 1. The highest BCUT2D eigenvalue weighted by Gasteiger charge is 2.28. The number of hydrogen-bond donors (Lipinski definition) is 1. The number of hydrogen-bond acceptors (Lipinski definition) is 4. The third-order valence-electron chi connectivity index (χ3n) is 4.23. The monoisotopic (exact) mass is 325 g/mol. The summed E-state index contributed by atoms with van der Waals surface area (Å²) in [5.41, 5.74) is 1.89. The van der Waals surface area contributed by atoms with E-state index in [9.17, 15) is 9.18 Å². The maximum Gasteiger partial charge on any atom is 0.223 e. The van der Waals surface area contributed by atoms with Gasteiger partial charge in [-0.15, -0.1) is 11.3 Å². The zero-order valence-corrected chi connectivity index (χ0v) is 13.1. The van der Waals surface area contributed by atoms with E-state index in [1.54, 1.807) is 6.07 Å². The Bertz CT molecular complexity index is 1050. The van der Waals surface area contributed by atoms with Crippen LogP contribution < -0.4 is 16.0 Å². The van der Waals surface area contributed by atoms with E-state index >= 15 is 0 Å². The zero-order chi connectivity index (χ0) is 16.1. The molecule has 0 fully saturated rings. The first-order valence-corrected chi connectivity index (χ1v) is 8.02. The number of nitriles is 1. The molecule has 0 spiro atoms. The van der Waals surface area contributed by atoms with Crippen LogP contribution in [-0.4, -0.2) is 16.9 Å². The molecule has 0 saturated heterocycles. The van der Waals surface area contributed by atoms with E-state index in [2.05, 4.69) is 16.0 Å². The summed E-state index contributed by atoms with van der Waals surface area (Å²) in [6.07, 6.45) is 3.17. The number of nitrogens with one attached hydrogen (secondary N) is 1. The van der Waals surface area contributed by atoms with Crippen LogP contribution in [0.1, 0.15) is 25.7 Å². The first-order chi connectivity index (χ1) is 11.1. The molecule has 0 bridgehead atoms. The van der Waals surface area contributed by atoms with Gasteiger partial charge in [0.05, 0.1) is 16.3 Å². The first-order valence-electron chi connectivity index (χ1n) is 7.21. The Morgan fingerprint density at radius 1 is 1.43 bits per heavy atom. The van der Waals surface area contributed by atoms with Crippen LogP contribution >= 0.6 is 11.3 Å². The molecule has 1 N–H and O–H groups in total. The topological polar surface area (TPSA) is 57.8 Å². The first kappa shape index (κ1) is 14.0. The highest BCUT2D eigenvalue weighted by molar-refractivity contribution is 7.13. The SMILES string of the molecule is Cc1c2c(n3c1=CNCC3)=C(c1ccc(C#N)s1)C=C(F)C2=O. The standard InChI is InChI=1S/C17H12FN3OS/c1-9-13-8-20-4-5-21(13)16-11(6-12(18)17(22)15(9)16)14-3-2-10(7-19)23-14/h2-3,6,8,20H,4-5H2,1H3. The number of aromatic nitrogens is 1. The van der Waals surface area contributed by atoms with Gasteiger partial charge >= 0.3 is 0 Å². The molecular formula is C17H12FN3OS. The molecule has 1 aliphatic heterocycles. The third-order valence-corrected chi connectivity index (χ3v) is 5.25. The van der Waals surface area contributed by atoms with Crippen LogP contribution in [0.3, 0.4) is 0 Å². The molecule has 0 atom stereocenters. The van der Waals surface area contributed by atoms with E-state index in [1.807, 2.05) is 19.2 Å². The summed E-state index contributed by atoms with van der Waals surface area (Å²) < 4.78 is 16.3. The summed E-state index contributed by atoms with van der Waals surface area (Å²) in [4.78, 5) is 13.7. The van der Waals surface area contributed by atoms with Gasteiger partial charge in [0.25, 0.3) is 0 Å². The minimum absolute atomic E-state index is 0.432. The maximum absolute atomic E-state index is 14.2. The van der Waals surface area contributed by atoms with Gasteiger partial charge in [-0.2, -0.15) is 5.26 Å². The summed E-state index contributed by atoms with van der Waals surface area (Å²) in [6.45, 7) is 3.32. The van der Waals surface area contributed by atoms with Crippen molar-refractivity contribution in [3.8, 4) is 6.07 Å². The molecule has 6 heteroatoms. The fraction of sp³-hybridized carbons (Fsp3) is 0.176. The molecule has 0 radical (unpaired) electrons. The van der Waals surface area contributed by atoms with Crippen molar-refractivity contribution in [1.29, 1.82) is 5.26 Å². The lowest BCUT2D eigenvalue weighted by Crippen LogP contribution is -2.39. The van der Waals surface area contributed by atoms with Crippen molar-refractivity contribution in [2.75, 3.05) is 6.54 Å². The molecule has 114 valence electrons. The Morgan fingerprint density at radius 2 is 2.26 bits per heavy atom. The predicted molar refractivity (Wildman–Crippen MR) is 86.0 cm³/mol. The summed E-state index contributed by atoms with van der Waals surface area (Å²) in [5, 5.41) is 13.9. The van der Waals surface area contributed by atoms with E-state index < -0.39 is 11.6 Å². The molecule has 0 saturated carbocycles. The molecule has 2 aliphatic rings. The Labute approximate surface area is 135 Å². The highest BCUT2D eigenvalue weighted by Crippen LogP contribution is 2.28. The number of carbonyl (C=O) groups excluding carboxylic acids is 1. The van der Waals surface area contributed by atoms with Crippen molar-refractivity contribution in [3.05, 3.63) is 55.6 Å². The predicted octanol–water partition coefficient (Wildman–Crippen LogP) is 1.32. The maximum atomic E-state index is 14.2. The van der Waals surface area contributed by atoms with Crippen molar-refractivity contribution in [2.24, 2.45) is 0 Å². The zero-order valence-electron chi connectivity index (χ0n) is 12.3. The average Bonchev–Trinajstić information content (AvgIpc) is 3.15. The largest absolute Gasteiger partial charge is 0.387 e. The minimum atomic E-state index is -0.751. The Morgan fingerprint density at radius 3 is 3.00 bits per heavy atom. The summed E-state index contributed by atoms with van der Waals surface area (Å²) in [5.74, 6) is -1.31. The minimum Gasteiger partial charge on any atom is -0.387 e. The molecule has 2 aromatic rings. The van der Waals surface area contributed by atoms with Crippen molar-refractivity contribution in [3.63, 3.8) is 0 Å². The molecule has 0 amide bonds. The number of halogens is 1. The highest BCUT2D eigenvalue weighted by atomic mass is 32.1. The Kier molecular flexibility index (Phi) is 3.00. The van der Waals surface area contributed by atoms with Gasteiger partial charge in [-0.25, -0.2) is 4.39 Å². The van der Waals surface area contributed by atoms with Gasteiger partial charge in [-0.3, -0.25) is 4.79 Å². The molecule has 1 aliphatic carbocycles. The van der Waals surface area contributed by atoms with E-state index in [0.717, 1.165) is 27.7 Å². The van der Waals surface area contributed by atoms with Crippen molar-refractivity contribution < 1.29 is 9.18 Å². The van der Waals surface area contributed by atoms with Gasteiger partial charge in [0.2, 0.25) is 5.78 Å². The van der Waals surface area contributed by atoms with Crippen LogP contribution in [0.25, 0.3) is 11.8 Å². The fourth-order valence-electron chi connectivity index (χ4n) is 3.20. The molecule has 4 rings (SSSR count). The number of nitrogens with zero attached hydrogens (tertiary/aromatic N) is 2. The lowest BCUT2D eigenvalue weighted by atomic mass is 9.98. The molecule has 0 unspecified atom stereocenters. The Balaban J connectivity index is 2.16. The lowest BCUT2D eigenvalue weighted by molar-refractivity contribution is 0.100. The molecule has 23 heavy (non-hydrogen) atoms. The second kappa shape index (κ2) is 4.93. The van der Waals surface area contributed by atoms with E-state index in [0.29, 0.717) is 22.6 Å². The normalized spacial score (nSPS) is 16.0. The summed E-state index contributed by atoms with van der Waals surface area (Å²) in [6, 6.07) is 5.62. The van der Waals surface area contributed by atoms with Gasteiger partial charge in [0.1, 0.15) is 10.9 Å². The van der Waals surface area contributed by atoms with Gasteiger partial charge in [-0.05, 0) is 30.7 Å². The van der Waals surface area contributed by atoms with E-state index in [-0.39, 0.29) is 0 Å². The second-order valence-electron chi connectivity index (χ2n) is 5.49. The average molecular weight is 325 g/mol. The van der Waals surface area contributed by atoms with Crippen LogP contribution in [0.2, 0.25) is 0 Å². The molecule has 0 aromatic carbocycles. The quantitative estimate of drug-likeness (QED) is 0.860. The summed E-state index contributed by atoms with van der Waals surface area (Å²) in [7, 11) is 0. The van der Waals surface area contributed by atoms with Gasteiger partial charge in [0.15, 0.2) is 5.83 Å². The van der Waals surface area contributed by atoms with Crippen molar-refractivity contribution >= 4 is 28.9 Å². The molecule has 4 nitrogen and oxygen atoms in total. The number of thiophene rings is 1. The lowest BCUT2D eigenvalue weighted by Gasteiger charge is -2.14. The summed E-state index contributed by atoms with van der Waals surface area (Å²) >= 11 is 1.31. The molecular weight excluding hydrogens is 313 g/mol. The van der Waals surface area contributed by atoms with Crippen molar-refractivity contribution in [2.45, 2.75) is 13.5 Å². The van der Waals surface area contributed by atoms with Crippen LogP contribution in [-0.2, 0) is 6.54 Å². The number of carbonyl (C=O) groups is 1.